The summed E-state index contributed by atoms with van der Waals surface area (Å²) >= 11 is 0. The minimum Gasteiger partial charge on any atom is -0.318 e. The molecule has 3 rings (SSSR count). The summed E-state index contributed by atoms with van der Waals surface area (Å²) in [5.74, 6) is -2.49. The van der Waals surface area contributed by atoms with Gasteiger partial charge in [-0.3, -0.25) is 9.59 Å². The fraction of sp³-hybridized carbons (Fsp3) is 0.0870. The lowest BCUT2D eigenvalue weighted by Crippen LogP contribution is -2.29. The van der Waals surface area contributed by atoms with E-state index in [1.54, 1.807) is 30.4 Å². The molecular weight excluding hydrogens is 407 g/mol. The number of carbonyl (C=O) groups excluding carboxylic acids is 2. The SMILES string of the molecule is C/C(=N/NC(=O)c1ccc(-c2ccccc2)cc1)c1cccc(NC(=O)C(F)(F)F)c1. The predicted octanol–water partition coefficient (Wildman–Crippen LogP) is 5.01. The normalized spacial score (nSPS) is 11.7. The van der Waals surface area contributed by atoms with Gasteiger partial charge in [0.25, 0.3) is 5.91 Å². The molecule has 5 nitrogen and oxygen atoms in total. The number of amides is 2. The largest absolute Gasteiger partial charge is 0.471 e. The Labute approximate surface area is 176 Å². The molecule has 0 unspecified atom stereocenters. The number of halogens is 3. The third-order valence-electron chi connectivity index (χ3n) is 4.38. The molecule has 158 valence electrons. The molecule has 0 aromatic heterocycles. The van der Waals surface area contributed by atoms with Gasteiger partial charge in [0.1, 0.15) is 0 Å². The highest BCUT2D eigenvalue weighted by molar-refractivity contribution is 6.02. The molecule has 0 saturated carbocycles. The first-order valence-corrected chi connectivity index (χ1v) is 9.23. The van der Waals surface area contributed by atoms with E-state index < -0.39 is 18.0 Å². The summed E-state index contributed by atoms with van der Waals surface area (Å²) in [5.41, 5.74) is 5.60. The van der Waals surface area contributed by atoms with E-state index in [1.807, 2.05) is 42.5 Å². The quantitative estimate of drug-likeness (QED) is 0.446. The van der Waals surface area contributed by atoms with Crippen molar-refractivity contribution in [3.05, 3.63) is 90.0 Å². The maximum atomic E-state index is 12.4. The first-order valence-electron chi connectivity index (χ1n) is 9.23. The van der Waals surface area contributed by atoms with Crippen LogP contribution in [0.3, 0.4) is 0 Å². The minimum absolute atomic E-state index is 0.0304. The van der Waals surface area contributed by atoms with E-state index in [1.165, 1.54) is 18.2 Å². The Morgan fingerprint density at radius 1 is 0.806 bits per heavy atom. The molecule has 8 heteroatoms. The summed E-state index contributed by atoms with van der Waals surface area (Å²) in [5, 5.41) is 5.78. The summed E-state index contributed by atoms with van der Waals surface area (Å²) < 4.78 is 37.2. The van der Waals surface area contributed by atoms with E-state index in [9.17, 15) is 22.8 Å². The molecule has 3 aromatic rings. The number of carbonyl (C=O) groups is 2. The zero-order valence-corrected chi connectivity index (χ0v) is 16.4. The highest BCUT2D eigenvalue weighted by Crippen LogP contribution is 2.20. The van der Waals surface area contributed by atoms with Gasteiger partial charge in [0.05, 0.1) is 5.71 Å². The van der Waals surface area contributed by atoms with Crippen molar-refractivity contribution in [2.75, 3.05) is 5.32 Å². The van der Waals surface area contributed by atoms with Gasteiger partial charge in [-0.05, 0) is 47.9 Å². The van der Waals surface area contributed by atoms with E-state index in [2.05, 4.69) is 10.5 Å². The molecule has 0 heterocycles. The van der Waals surface area contributed by atoms with Crippen LogP contribution in [0.25, 0.3) is 11.1 Å². The van der Waals surface area contributed by atoms with E-state index in [0.29, 0.717) is 16.8 Å². The van der Waals surface area contributed by atoms with Crippen LogP contribution in [-0.4, -0.2) is 23.7 Å². The number of benzene rings is 3. The lowest BCUT2D eigenvalue weighted by atomic mass is 10.0. The Hall–Kier alpha value is -3.94. The molecule has 0 atom stereocenters. The van der Waals surface area contributed by atoms with Crippen molar-refractivity contribution in [2.24, 2.45) is 5.10 Å². The number of nitrogens with one attached hydrogen (secondary N) is 2. The molecular formula is C23H18F3N3O2. The lowest BCUT2D eigenvalue weighted by molar-refractivity contribution is -0.167. The van der Waals surface area contributed by atoms with Gasteiger partial charge in [-0.2, -0.15) is 18.3 Å². The Balaban J connectivity index is 1.67. The molecule has 0 aliphatic carbocycles. The van der Waals surface area contributed by atoms with Gasteiger partial charge in [-0.15, -0.1) is 0 Å². The van der Waals surface area contributed by atoms with Crippen LogP contribution in [0.15, 0.2) is 84.0 Å². The van der Waals surface area contributed by atoms with Crippen LogP contribution in [0.4, 0.5) is 18.9 Å². The number of nitrogens with zero attached hydrogens (tertiary/aromatic N) is 1. The van der Waals surface area contributed by atoms with Crippen molar-refractivity contribution in [1.29, 1.82) is 0 Å². The van der Waals surface area contributed by atoms with Crippen molar-refractivity contribution in [3.63, 3.8) is 0 Å². The second-order valence-corrected chi connectivity index (χ2v) is 6.61. The van der Waals surface area contributed by atoms with Crippen molar-refractivity contribution in [3.8, 4) is 11.1 Å². The van der Waals surface area contributed by atoms with Crippen LogP contribution in [0, 0.1) is 0 Å². The maximum absolute atomic E-state index is 12.4. The van der Waals surface area contributed by atoms with E-state index in [4.69, 9.17) is 0 Å². The fourth-order valence-electron chi connectivity index (χ4n) is 2.73. The first kappa shape index (κ1) is 21.8. The van der Waals surface area contributed by atoms with Gasteiger partial charge in [-0.1, -0.05) is 54.6 Å². The molecule has 0 aliphatic heterocycles. The highest BCUT2D eigenvalue weighted by atomic mass is 19.4. The lowest BCUT2D eigenvalue weighted by Gasteiger charge is -2.09. The average molecular weight is 425 g/mol. The Bertz CT molecular complexity index is 1110. The molecule has 3 aromatic carbocycles. The number of rotatable bonds is 5. The molecule has 2 N–H and O–H groups in total. The summed E-state index contributed by atoms with van der Waals surface area (Å²) in [6.45, 7) is 1.59. The van der Waals surface area contributed by atoms with Gasteiger partial charge >= 0.3 is 12.1 Å². The topological polar surface area (TPSA) is 70.6 Å². The molecule has 0 radical (unpaired) electrons. The number of hydrogen-bond acceptors (Lipinski definition) is 3. The van der Waals surface area contributed by atoms with E-state index in [-0.39, 0.29) is 5.69 Å². The molecule has 0 fully saturated rings. The summed E-state index contributed by atoms with van der Waals surface area (Å²) in [7, 11) is 0. The number of hydrogen-bond donors (Lipinski definition) is 2. The Morgan fingerprint density at radius 3 is 2.10 bits per heavy atom. The fourth-order valence-corrected chi connectivity index (χ4v) is 2.73. The zero-order valence-electron chi connectivity index (χ0n) is 16.4. The highest BCUT2D eigenvalue weighted by Gasteiger charge is 2.38. The van der Waals surface area contributed by atoms with Crippen molar-refractivity contribution < 1.29 is 22.8 Å². The Kier molecular flexibility index (Phi) is 6.49. The summed E-state index contributed by atoms with van der Waals surface area (Å²) in [4.78, 5) is 23.4. The third kappa shape index (κ3) is 5.79. The van der Waals surface area contributed by atoms with Gasteiger partial charge in [-0.25, -0.2) is 5.43 Å². The van der Waals surface area contributed by atoms with Crippen LogP contribution in [-0.2, 0) is 4.79 Å². The molecule has 0 spiro atoms. The molecule has 0 bridgehead atoms. The second-order valence-electron chi connectivity index (χ2n) is 6.61. The zero-order chi connectivity index (χ0) is 22.4. The van der Waals surface area contributed by atoms with Gasteiger partial charge in [0.2, 0.25) is 0 Å². The number of hydrazone groups is 1. The second kappa shape index (κ2) is 9.25. The summed E-state index contributed by atoms with van der Waals surface area (Å²) in [6, 6.07) is 22.5. The van der Waals surface area contributed by atoms with Crippen LogP contribution in [0.1, 0.15) is 22.8 Å². The van der Waals surface area contributed by atoms with Crippen molar-refractivity contribution in [2.45, 2.75) is 13.1 Å². The average Bonchev–Trinajstić information content (AvgIpc) is 2.77. The van der Waals surface area contributed by atoms with E-state index >= 15 is 0 Å². The van der Waals surface area contributed by atoms with Crippen molar-refractivity contribution in [1.82, 2.24) is 5.43 Å². The van der Waals surface area contributed by atoms with Crippen LogP contribution in [0.5, 0.6) is 0 Å². The first-order chi connectivity index (χ1) is 14.7. The molecule has 2 amide bonds. The Morgan fingerprint density at radius 2 is 1.45 bits per heavy atom. The molecule has 0 saturated heterocycles. The summed E-state index contributed by atoms with van der Waals surface area (Å²) in [6.07, 6.45) is -4.98. The minimum atomic E-state index is -4.98. The maximum Gasteiger partial charge on any atom is 0.471 e. The molecule has 0 aliphatic rings. The van der Waals surface area contributed by atoms with Gasteiger partial charge < -0.3 is 5.32 Å². The predicted molar refractivity (Wildman–Crippen MR) is 113 cm³/mol. The monoisotopic (exact) mass is 425 g/mol. The number of alkyl halides is 3. The van der Waals surface area contributed by atoms with Crippen molar-refractivity contribution >= 4 is 23.2 Å². The van der Waals surface area contributed by atoms with Crippen LogP contribution >= 0.6 is 0 Å². The van der Waals surface area contributed by atoms with Crippen LogP contribution < -0.4 is 10.7 Å². The standard InChI is InChI=1S/C23H18F3N3O2/c1-15(19-8-5-9-20(14-19)27-22(31)23(24,25)26)28-29-21(30)18-12-10-17(11-13-18)16-6-3-2-4-7-16/h2-14H,1H3,(H,27,31)(H,29,30)/b28-15-. The smallest absolute Gasteiger partial charge is 0.318 e. The van der Waals surface area contributed by atoms with Gasteiger partial charge in [0.15, 0.2) is 0 Å². The third-order valence-corrected chi connectivity index (χ3v) is 4.38. The van der Waals surface area contributed by atoms with Crippen LogP contribution in [0.2, 0.25) is 0 Å². The number of anilines is 1. The molecule has 31 heavy (non-hydrogen) atoms. The van der Waals surface area contributed by atoms with Gasteiger partial charge in [0, 0.05) is 11.3 Å². The van der Waals surface area contributed by atoms with E-state index in [0.717, 1.165) is 11.1 Å².